The second-order valence-electron chi connectivity index (χ2n) is 4.72. The van der Waals surface area contributed by atoms with Crippen LogP contribution in [0.15, 0.2) is 0 Å². The molecule has 1 aliphatic carbocycles. The Morgan fingerprint density at radius 1 is 1.56 bits per heavy atom. The molecular weight excluding hydrogens is 208 g/mol. The van der Waals surface area contributed by atoms with Gasteiger partial charge in [-0.15, -0.1) is 0 Å². The maximum atomic E-state index is 11.8. The maximum absolute atomic E-state index is 11.8. The van der Waals surface area contributed by atoms with E-state index in [1.54, 1.807) is 0 Å². The van der Waals surface area contributed by atoms with Crippen LogP contribution in [0.4, 0.5) is 0 Å². The molecule has 2 unspecified atom stereocenters. The monoisotopic (exact) mass is 226 g/mol. The number of carboxylic acid groups (broad SMARTS) is 1. The van der Waals surface area contributed by atoms with Crippen LogP contribution in [0.3, 0.4) is 0 Å². The predicted molar refractivity (Wildman–Crippen MR) is 57.9 cm³/mol. The van der Waals surface area contributed by atoms with E-state index in [9.17, 15) is 9.59 Å². The fourth-order valence-corrected chi connectivity index (χ4v) is 2.51. The Morgan fingerprint density at radius 2 is 2.31 bits per heavy atom. The van der Waals surface area contributed by atoms with Gasteiger partial charge in [0.2, 0.25) is 5.91 Å². The fourth-order valence-electron chi connectivity index (χ4n) is 2.51. The molecular formula is C11H18N2O3. The highest BCUT2D eigenvalue weighted by atomic mass is 16.4. The van der Waals surface area contributed by atoms with Gasteiger partial charge in [-0.2, -0.15) is 0 Å². The van der Waals surface area contributed by atoms with Gasteiger partial charge in [-0.25, -0.2) is 4.79 Å². The first kappa shape index (κ1) is 11.4. The molecule has 0 aromatic rings. The molecule has 3 atom stereocenters. The van der Waals surface area contributed by atoms with Crippen molar-refractivity contribution in [3.8, 4) is 0 Å². The molecule has 0 bridgehead atoms. The van der Waals surface area contributed by atoms with E-state index in [2.05, 4.69) is 10.6 Å². The minimum atomic E-state index is -0.976. The normalized spacial score (nSPS) is 37.1. The van der Waals surface area contributed by atoms with Crippen molar-refractivity contribution in [1.82, 2.24) is 10.6 Å². The molecule has 2 fully saturated rings. The number of aliphatic carboxylic acids is 1. The molecule has 0 aromatic carbocycles. The largest absolute Gasteiger partial charge is 0.479 e. The van der Waals surface area contributed by atoms with Crippen molar-refractivity contribution < 1.29 is 14.7 Å². The van der Waals surface area contributed by atoms with Crippen LogP contribution in [0.1, 0.15) is 32.6 Å². The van der Waals surface area contributed by atoms with Crippen LogP contribution < -0.4 is 10.6 Å². The molecule has 0 radical (unpaired) electrons. The third-order valence-electron chi connectivity index (χ3n) is 3.70. The van der Waals surface area contributed by atoms with Crippen LogP contribution in [-0.4, -0.2) is 35.1 Å². The average Bonchev–Trinajstić information content (AvgIpc) is 2.74. The standard InChI is InChI=1S/C11H18N2O3/c1-2-7-6-11(7,10(15)16)13-9(14)8-4-3-5-12-8/h7-8,12H,2-6H2,1H3,(H,13,14)(H,15,16)/t7?,8?,11-/m1/s1. The molecule has 1 heterocycles. The minimum Gasteiger partial charge on any atom is -0.479 e. The zero-order valence-corrected chi connectivity index (χ0v) is 9.45. The van der Waals surface area contributed by atoms with Crippen molar-refractivity contribution >= 4 is 11.9 Å². The summed E-state index contributed by atoms with van der Waals surface area (Å²) in [6, 6.07) is -0.200. The summed E-state index contributed by atoms with van der Waals surface area (Å²) in [6.45, 7) is 2.80. The highest BCUT2D eigenvalue weighted by Crippen LogP contribution is 2.46. The van der Waals surface area contributed by atoms with Crippen molar-refractivity contribution in [3.05, 3.63) is 0 Å². The molecule has 1 saturated heterocycles. The van der Waals surface area contributed by atoms with Crippen LogP contribution >= 0.6 is 0 Å². The Hall–Kier alpha value is -1.10. The SMILES string of the molecule is CCC1C[C@]1(NC(=O)C1CCCN1)C(=O)O. The summed E-state index contributed by atoms with van der Waals surface area (Å²) in [7, 11) is 0. The lowest BCUT2D eigenvalue weighted by Gasteiger charge is -2.17. The minimum absolute atomic E-state index is 0.0929. The Morgan fingerprint density at radius 3 is 2.75 bits per heavy atom. The van der Waals surface area contributed by atoms with E-state index in [4.69, 9.17) is 5.11 Å². The molecule has 1 saturated carbocycles. The predicted octanol–water partition coefficient (Wildman–Crippen LogP) is 0.108. The number of carbonyl (C=O) groups excluding carboxylic acids is 1. The quantitative estimate of drug-likeness (QED) is 0.635. The third kappa shape index (κ3) is 1.80. The zero-order chi connectivity index (χ0) is 11.8. The summed E-state index contributed by atoms with van der Waals surface area (Å²) >= 11 is 0. The molecule has 2 aliphatic rings. The Kier molecular flexibility index (Phi) is 2.88. The summed E-state index contributed by atoms with van der Waals surface area (Å²) in [5.41, 5.74) is -0.976. The fraction of sp³-hybridized carbons (Fsp3) is 0.818. The Bertz CT molecular complexity index is 312. The molecule has 1 amide bonds. The van der Waals surface area contributed by atoms with Crippen molar-refractivity contribution in [2.24, 2.45) is 5.92 Å². The highest BCUT2D eigenvalue weighted by Gasteiger charge is 2.60. The summed E-state index contributed by atoms with van der Waals surface area (Å²) in [5.74, 6) is -0.961. The molecule has 1 aliphatic heterocycles. The lowest BCUT2D eigenvalue weighted by Crippen LogP contribution is -2.51. The third-order valence-corrected chi connectivity index (χ3v) is 3.70. The lowest BCUT2D eigenvalue weighted by atomic mass is 10.1. The van der Waals surface area contributed by atoms with Gasteiger partial charge in [0, 0.05) is 0 Å². The van der Waals surface area contributed by atoms with E-state index < -0.39 is 11.5 Å². The first-order valence-electron chi connectivity index (χ1n) is 5.89. The topological polar surface area (TPSA) is 78.4 Å². The highest BCUT2D eigenvalue weighted by molar-refractivity contribution is 5.92. The molecule has 2 rings (SSSR count). The average molecular weight is 226 g/mol. The van der Waals surface area contributed by atoms with Gasteiger partial charge in [0.25, 0.3) is 0 Å². The van der Waals surface area contributed by atoms with Gasteiger partial charge in [0.1, 0.15) is 5.54 Å². The van der Waals surface area contributed by atoms with E-state index in [0.717, 1.165) is 25.8 Å². The second-order valence-corrected chi connectivity index (χ2v) is 4.72. The molecule has 5 heteroatoms. The number of carbonyl (C=O) groups is 2. The smallest absolute Gasteiger partial charge is 0.329 e. The van der Waals surface area contributed by atoms with Crippen LogP contribution in [-0.2, 0) is 9.59 Å². The van der Waals surface area contributed by atoms with Crippen LogP contribution in [0, 0.1) is 5.92 Å². The molecule has 5 nitrogen and oxygen atoms in total. The van der Waals surface area contributed by atoms with Gasteiger partial charge in [0.05, 0.1) is 6.04 Å². The number of amides is 1. The van der Waals surface area contributed by atoms with E-state index in [-0.39, 0.29) is 17.9 Å². The van der Waals surface area contributed by atoms with Gasteiger partial charge in [-0.3, -0.25) is 4.79 Å². The molecule has 0 spiro atoms. The van der Waals surface area contributed by atoms with Gasteiger partial charge >= 0.3 is 5.97 Å². The van der Waals surface area contributed by atoms with Crippen LogP contribution in [0.25, 0.3) is 0 Å². The van der Waals surface area contributed by atoms with Crippen molar-refractivity contribution in [2.75, 3.05) is 6.54 Å². The van der Waals surface area contributed by atoms with Gasteiger partial charge in [-0.05, 0) is 31.7 Å². The van der Waals surface area contributed by atoms with Crippen LogP contribution in [0.5, 0.6) is 0 Å². The van der Waals surface area contributed by atoms with Gasteiger partial charge in [0.15, 0.2) is 0 Å². The van der Waals surface area contributed by atoms with E-state index >= 15 is 0 Å². The molecule has 0 aromatic heterocycles. The summed E-state index contributed by atoms with van der Waals surface area (Å²) < 4.78 is 0. The molecule has 16 heavy (non-hydrogen) atoms. The number of carboxylic acids is 1. The van der Waals surface area contributed by atoms with E-state index in [0.29, 0.717) is 6.42 Å². The first-order chi connectivity index (χ1) is 7.60. The summed E-state index contributed by atoms with van der Waals surface area (Å²) in [5, 5.41) is 14.9. The molecule has 90 valence electrons. The van der Waals surface area contributed by atoms with Gasteiger partial charge < -0.3 is 15.7 Å². The Labute approximate surface area is 94.6 Å². The lowest BCUT2D eigenvalue weighted by molar-refractivity contribution is -0.144. The van der Waals surface area contributed by atoms with E-state index in [1.165, 1.54) is 0 Å². The van der Waals surface area contributed by atoms with E-state index in [1.807, 2.05) is 6.92 Å². The molecule has 3 N–H and O–H groups in total. The number of rotatable bonds is 4. The van der Waals surface area contributed by atoms with Crippen molar-refractivity contribution in [3.63, 3.8) is 0 Å². The maximum Gasteiger partial charge on any atom is 0.329 e. The zero-order valence-electron chi connectivity index (χ0n) is 9.45. The number of hydrogen-bond acceptors (Lipinski definition) is 3. The van der Waals surface area contributed by atoms with Crippen LogP contribution in [0.2, 0.25) is 0 Å². The number of nitrogens with one attached hydrogen (secondary N) is 2. The van der Waals surface area contributed by atoms with Crippen molar-refractivity contribution in [1.29, 1.82) is 0 Å². The Balaban J connectivity index is 1.97. The summed E-state index contributed by atoms with van der Waals surface area (Å²) in [6.07, 6.45) is 3.15. The second kappa shape index (κ2) is 4.05. The van der Waals surface area contributed by atoms with Crippen molar-refractivity contribution in [2.45, 2.75) is 44.2 Å². The summed E-state index contributed by atoms with van der Waals surface area (Å²) in [4.78, 5) is 23.0. The number of hydrogen-bond donors (Lipinski definition) is 3. The first-order valence-corrected chi connectivity index (χ1v) is 5.89. The van der Waals surface area contributed by atoms with Gasteiger partial charge in [-0.1, -0.05) is 13.3 Å².